The molecule has 13 heteroatoms. The molecule has 254 valence electrons. The van der Waals surface area contributed by atoms with Gasteiger partial charge in [-0.15, -0.1) is 18.3 Å². The van der Waals surface area contributed by atoms with Crippen LogP contribution in [-0.2, 0) is 0 Å². The lowest BCUT2D eigenvalue weighted by atomic mass is 9.95. The predicted molar refractivity (Wildman–Crippen MR) is 181 cm³/mol. The van der Waals surface area contributed by atoms with Gasteiger partial charge in [0.1, 0.15) is 17.9 Å². The molecule has 2 atom stereocenters. The summed E-state index contributed by atoms with van der Waals surface area (Å²) in [5.74, 6) is 1.10. The number of amidine groups is 1. The van der Waals surface area contributed by atoms with Crippen molar-refractivity contribution in [3.8, 4) is 22.8 Å². The van der Waals surface area contributed by atoms with Crippen molar-refractivity contribution in [2.24, 2.45) is 4.99 Å². The highest BCUT2D eigenvalue weighted by atomic mass is 32.2. The number of nitrogens with zero attached hydrogens (tertiary/aromatic N) is 5. The van der Waals surface area contributed by atoms with E-state index in [1.165, 1.54) is 53.1 Å². The highest BCUT2D eigenvalue weighted by Crippen LogP contribution is 2.35. The lowest BCUT2D eigenvalue weighted by Gasteiger charge is -2.37. The molecule has 4 aromatic rings. The molecule has 2 heterocycles. The summed E-state index contributed by atoms with van der Waals surface area (Å²) in [6, 6.07) is 17.8. The van der Waals surface area contributed by atoms with Crippen LogP contribution in [0.15, 0.2) is 78.0 Å². The summed E-state index contributed by atoms with van der Waals surface area (Å²) < 4.78 is 56.8. The van der Waals surface area contributed by atoms with Gasteiger partial charge < -0.3 is 15.0 Å². The molecule has 1 saturated heterocycles. The van der Waals surface area contributed by atoms with E-state index < -0.39 is 6.36 Å². The van der Waals surface area contributed by atoms with Gasteiger partial charge >= 0.3 is 12.4 Å². The van der Waals surface area contributed by atoms with Crippen molar-refractivity contribution in [3.05, 3.63) is 90.0 Å². The van der Waals surface area contributed by atoms with Crippen molar-refractivity contribution in [1.29, 1.82) is 0 Å². The van der Waals surface area contributed by atoms with Crippen LogP contribution in [0.1, 0.15) is 69.9 Å². The van der Waals surface area contributed by atoms with Gasteiger partial charge in [0.25, 0.3) is 0 Å². The Morgan fingerprint density at radius 1 is 1.08 bits per heavy atom. The number of ether oxygens (including phenoxy) is 1. The number of alkyl halides is 3. The van der Waals surface area contributed by atoms with Gasteiger partial charge in [-0.05, 0) is 91.6 Å². The maximum absolute atomic E-state index is 14.1. The van der Waals surface area contributed by atoms with Crippen LogP contribution in [0.25, 0.3) is 17.1 Å². The van der Waals surface area contributed by atoms with E-state index in [1.807, 2.05) is 38.1 Å². The van der Waals surface area contributed by atoms with Crippen LogP contribution >= 0.6 is 11.8 Å². The van der Waals surface area contributed by atoms with Crippen LogP contribution in [0.4, 0.5) is 28.0 Å². The monoisotopic (exact) mass is 682 g/mol. The average Bonchev–Trinajstić information content (AvgIpc) is 3.54. The summed E-state index contributed by atoms with van der Waals surface area (Å²) in [5, 5.41) is 8.02. The molecular weight excluding hydrogens is 644 g/mol. The van der Waals surface area contributed by atoms with Crippen molar-refractivity contribution in [3.63, 3.8) is 0 Å². The van der Waals surface area contributed by atoms with Crippen molar-refractivity contribution in [2.75, 3.05) is 17.2 Å². The molecule has 0 radical (unpaired) electrons. The summed E-state index contributed by atoms with van der Waals surface area (Å²) in [5.41, 5.74) is 4.25. The standard InChI is InChI=1S/C35H38F4N6O2S/c1-22(2)30-20-27(36)11-16-31(30)45-24(4)17-19-48-34(45)42-33(46)40-18-5-6-23(3)25-7-9-26(10-8-25)32-41-21-44(43-32)28-12-14-29(15-13-28)47-35(37,38)39/h7-16,20-24H,5-6,17-19H2,1-4H3,(H,40,46). The summed E-state index contributed by atoms with van der Waals surface area (Å²) in [6.45, 7) is 8.76. The fourth-order valence-electron chi connectivity index (χ4n) is 5.52. The van der Waals surface area contributed by atoms with E-state index in [4.69, 9.17) is 0 Å². The zero-order valence-corrected chi connectivity index (χ0v) is 28.0. The third kappa shape index (κ3) is 8.94. The Morgan fingerprint density at radius 3 is 2.50 bits per heavy atom. The van der Waals surface area contributed by atoms with Crippen LogP contribution in [-0.4, -0.2) is 50.7 Å². The zero-order valence-electron chi connectivity index (χ0n) is 27.2. The molecule has 1 fully saturated rings. The fourth-order valence-corrected chi connectivity index (χ4v) is 6.73. The van der Waals surface area contributed by atoms with E-state index >= 15 is 0 Å². The molecule has 1 aromatic heterocycles. The summed E-state index contributed by atoms with van der Waals surface area (Å²) in [7, 11) is 0. The van der Waals surface area contributed by atoms with Crippen molar-refractivity contribution in [1.82, 2.24) is 20.1 Å². The largest absolute Gasteiger partial charge is 0.573 e. The Kier molecular flexibility index (Phi) is 11.1. The number of rotatable bonds is 10. The molecule has 3 aromatic carbocycles. The molecule has 0 saturated carbocycles. The normalized spacial score (nSPS) is 16.7. The Morgan fingerprint density at radius 2 is 1.81 bits per heavy atom. The smallest absolute Gasteiger partial charge is 0.406 e. The molecule has 8 nitrogen and oxygen atoms in total. The van der Waals surface area contributed by atoms with Crippen LogP contribution in [0.3, 0.4) is 0 Å². The molecule has 1 aliphatic heterocycles. The number of nitrogens with one attached hydrogen (secondary N) is 1. The third-order valence-corrected chi connectivity index (χ3v) is 9.12. The molecule has 48 heavy (non-hydrogen) atoms. The lowest BCUT2D eigenvalue weighted by Crippen LogP contribution is -2.42. The molecular formula is C35H38F4N6O2S. The Hall–Kier alpha value is -4.39. The topological polar surface area (TPSA) is 84.6 Å². The number of carbonyl (C=O) groups excluding carboxylic acids is 1. The maximum atomic E-state index is 14.1. The van der Waals surface area contributed by atoms with Gasteiger partial charge in [-0.2, -0.15) is 4.99 Å². The van der Waals surface area contributed by atoms with E-state index in [0.717, 1.165) is 47.4 Å². The number of urea groups is 1. The first-order chi connectivity index (χ1) is 22.9. The number of carbonyl (C=O) groups is 1. The predicted octanol–water partition coefficient (Wildman–Crippen LogP) is 9.08. The second-order valence-corrected chi connectivity index (χ2v) is 13.1. The summed E-state index contributed by atoms with van der Waals surface area (Å²) >= 11 is 1.54. The number of hydrogen-bond donors (Lipinski definition) is 1. The molecule has 2 amide bonds. The van der Waals surface area contributed by atoms with Gasteiger partial charge in [0.15, 0.2) is 11.0 Å². The number of halogens is 4. The minimum absolute atomic E-state index is 0.114. The van der Waals surface area contributed by atoms with Crippen molar-refractivity contribution < 1.29 is 27.1 Å². The highest BCUT2D eigenvalue weighted by molar-refractivity contribution is 8.14. The summed E-state index contributed by atoms with van der Waals surface area (Å²) in [4.78, 5) is 23.7. The highest BCUT2D eigenvalue weighted by Gasteiger charge is 2.31. The van der Waals surface area contributed by atoms with E-state index in [0.29, 0.717) is 23.2 Å². The molecule has 0 bridgehead atoms. The Labute approximate surface area is 281 Å². The van der Waals surface area contributed by atoms with Gasteiger partial charge in [-0.1, -0.05) is 56.8 Å². The summed E-state index contributed by atoms with van der Waals surface area (Å²) in [6.07, 6.45) is -0.704. The number of aliphatic imine (C=N–C) groups is 1. The van der Waals surface area contributed by atoms with Gasteiger partial charge in [0.05, 0.1) is 5.69 Å². The SMILES string of the molecule is CC(C)c1cc(F)ccc1N1C(=NC(=O)NCCCC(C)c2ccc(-c3ncn(-c4ccc(OC(F)(F)F)cc4)n3)cc2)SCCC1C. The second-order valence-electron chi connectivity index (χ2n) is 12.1. The number of benzene rings is 3. The van der Waals surface area contributed by atoms with E-state index in [2.05, 4.69) is 43.9 Å². The number of hydrogen-bond acceptors (Lipinski definition) is 5. The maximum Gasteiger partial charge on any atom is 0.573 e. The van der Waals surface area contributed by atoms with Gasteiger partial charge in [0.2, 0.25) is 0 Å². The fraction of sp³-hybridized carbons (Fsp3) is 0.371. The molecule has 0 spiro atoms. The van der Waals surface area contributed by atoms with Gasteiger partial charge in [-0.25, -0.2) is 18.9 Å². The zero-order chi connectivity index (χ0) is 34.4. The first-order valence-electron chi connectivity index (χ1n) is 15.8. The van der Waals surface area contributed by atoms with Crippen LogP contribution in [0, 0.1) is 5.82 Å². The quantitative estimate of drug-likeness (QED) is 0.133. The Balaban J connectivity index is 1.13. The first-order valence-corrected chi connectivity index (χ1v) is 16.8. The van der Waals surface area contributed by atoms with E-state index in [1.54, 1.807) is 12.1 Å². The third-order valence-electron chi connectivity index (χ3n) is 8.14. The molecule has 1 N–H and O–H groups in total. The van der Waals surface area contributed by atoms with E-state index in [9.17, 15) is 22.4 Å². The van der Waals surface area contributed by atoms with E-state index in [-0.39, 0.29) is 35.5 Å². The number of thioether (sulfide) groups is 1. The number of aromatic nitrogens is 3. The number of anilines is 1. The van der Waals surface area contributed by atoms with Crippen LogP contribution < -0.4 is 15.0 Å². The minimum atomic E-state index is -4.75. The molecule has 5 rings (SSSR count). The van der Waals surface area contributed by atoms with Crippen molar-refractivity contribution in [2.45, 2.75) is 71.2 Å². The van der Waals surface area contributed by atoms with Crippen LogP contribution in [0.5, 0.6) is 5.75 Å². The number of amides is 2. The van der Waals surface area contributed by atoms with Crippen LogP contribution in [0.2, 0.25) is 0 Å². The average molecular weight is 683 g/mol. The lowest BCUT2D eigenvalue weighted by molar-refractivity contribution is -0.274. The molecule has 2 unspecified atom stereocenters. The second kappa shape index (κ2) is 15.2. The molecule has 1 aliphatic rings. The molecule has 0 aliphatic carbocycles. The van der Waals surface area contributed by atoms with Gasteiger partial charge in [-0.3, -0.25) is 0 Å². The first kappa shape index (κ1) is 34.9. The van der Waals surface area contributed by atoms with Crippen molar-refractivity contribution >= 4 is 28.6 Å². The minimum Gasteiger partial charge on any atom is -0.406 e. The Bertz CT molecular complexity index is 1720. The van der Waals surface area contributed by atoms with Gasteiger partial charge in [0, 0.05) is 29.6 Å².